The minimum Gasteiger partial charge on any atom is -0.444 e. The number of alkyl carbamates (subject to hydrolysis) is 1. The number of allylic oxidation sites excluding steroid dienone is 4. The number of benzene rings is 1. The number of amides is 2. The van der Waals surface area contributed by atoms with E-state index < -0.39 is 17.7 Å². The van der Waals surface area contributed by atoms with Gasteiger partial charge in [-0.3, -0.25) is 10.0 Å². The SMILES string of the molecule is C[C@H](NC(=O)OC(C)(C)C)C(=O)Nc1ccc(CSC2=CC=CC=CN2O)cc1. The first-order valence-electron chi connectivity index (χ1n) is 9.19. The summed E-state index contributed by atoms with van der Waals surface area (Å²) in [5.74, 6) is 0.325. The van der Waals surface area contributed by atoms with Gasteiger partial charge in [-0.05, 0) is 57.5 Å². The van der Waals surface area contributed by atoms with Crippen LogP contribution in [0.1, 0.15) is 33.3 Å². The number of carbonyl (C=O) groups excluding carboxylic acids is 2. The van der Waals surface area contributed by atoms with Gasteiger partial charge in [0.15, 0.2) is 0 Å². The fourth-order valence-electron chi connectivity index (χ4n) is 2.24. The Labute approximate surface area is 175 Å². The third kappa shape index (κ3) is 8.05. The number of rotatable bonds is 6. The van der Waals surface area contributed by atoms with Crippen LogP contribution in [0.15, 0.2) is 59.8 Å². The zero-order valence-electron chi connectivity index (χ0n) is 17.0. The lowest BCUT2D eigenvalue weighted by Gasteiger charge is -2.21. The number of hydrogen-bond donors (Lipinski definition) is 3. The fourth-order valence-corrected chi connectivity index (χ4v) is 3.11. The van der Waals surface area contributed by atoms with Gasteiger partial charge in [0, 0.05) is 17.6 Å². The molecule has 1 aliphatic heterocycles. The molecule has 1 heterocycles. The lowest BCUT2D eigenvalue weighted by Crippen LogP contribution is -2.43. The summed E-state index contributed by atoms with van der Waals surface area (Å²) in [4.78, 5) is 24.0. The molecular weight excluding hydrogens is 390 g/mol. The second kappa shape index (κ2) is 10.2. The molecule has 29 heavy (non-hydrogen) atoms. The summed E-state index contributed by atoms with van der Waals surface area (Å²) in [5.41, 5.74) is 1.05. The average molecular weight is 418 g/mol. The summed E-state index contributed by atoms with van der Waals surface area (Å²) in [6, 6.07) is 6.66. The van der Waals surface area contributed by atoms with Crippen LogP contribution in [-0.4, -0.2) is 33.9 Å². The Kier molecular flexibility index (Phi) is 7.92. The maximum atomic E-state index is 12.3. The van der Waals surface area contributed by atoms with E-state index in [-0.39, 0.29) is 5.91 Å². The van der Waals surface area contributed by atoms with Crippen molar-refractivity contribution in [3.8, 4) is 0 Å². The van der Waals surface area contributed by atoms with Crippen molar-refractivity contribution in [3.63, 3.8) is 0 Å². The fraction of sp³-hybridized carbons (Fsp3) is 0.333. The highest BCUT2D eigenvalue weighted by Crippen LogP contribution is 2.25. The first kappa shape index (κ1) is 22.6. The van der Waals surface area contributed by atoms with E-state index in [1.165, 1.54) is 11.8 Å². The summed E-state index contributed by atoms with van der Waals surface area (Å²) in [5, 5.41) is 17.0. The highest BCUT2D eigenvalue weighted by atomic mass is 32.2. The van der Waals surface area contributed by atoms with Crippen LogP contribution in [-0.2, 0) is 15.3 Å². The number of hydrogen-bond acceptors (Lipinski definition) is 6. The molecule has 1 aromatic rings. The van der Waals surface area contributed by atoms with Gasteiger partial charge < -0.3 is 15.4 Å². The predicted octanol–water partition coefficient (Wildman–Crippen LogP) is 4.39. The second-order valence-corrected chi connectivity index (χ2v) is 8.41. The third-order valence-electron chi connectivity index (χ3n) is 3.65. The average Bonchev–Trinajstić information content (AvgIpc) is 2.83. The molecule has 7 nitrogen and oxygen atoms in total. The molecule has 1 aliphatic rings. The number of hydroxylamine groups is 2. The number of ether oxygens (including phenoxy) is 1. The van der Waals surface area contributed by atoms with Crippen molar-refractivity contribution < 1.29 is 19.5 Å². The molecular formula is C21H27N3O4S. The van der Waals surface area contributed by atoms with E-state index in [4.69, 9.17) is 4.74 Å². The zero-order valence-corrected chi connectivity index (χ0v) is 17.8. The van der Waals surface area contributed by atoms with Crippen LogP contribution in [0.2, 0.25) is 0 Å². The highest BCUT2D eigenvalue weighted by molar-refractivity contribution is 8.02. The number of nitrogens with zero attached hydrogens (tertiary/aromatic N) is 1. The van der Waals surface area contributed by atoms with Gasteiger partial charge in [-0.25, -0.2) is 9.86 Å². The molecule has 0 spiro atoms. The first-order valence-corrected chi connectivity index (χ1v) is 10.2. The Hall–Kier alpha value is -2.71. The lowest BCUT2D eigenvalue weighted by molar-refractivity contribution is -0.117. The van der Waals surface area contributed by atoms with Crippen LogP contribution in [0.5, 0.6) is 0 Å². The highest BCUT2D eigenvalue weighted by Gasteiger charge is 2.21. The molecule has 2 amide bonds. The molecule has 0 radical (unpaired) electrons. The van der Waals surface area contributed by atoms with Gasteiger partial charge in [0.05, 0.1) is 0 Å². The van der Waals surface area contributed by atoms with Crippen molar-refractivity contribution in [3.05, 3.63) is 65.4 Å². The van der Waals surface area contributed by atoms with Crippen molar-refractivity contribution in [1.29, 1.82) is 0 Å². The van der Waals surface area contributed by atoms with Crippen LogP contribution in [0, 0.1) is 0 Å². The van der Waals surface area contributed by atoms with Gasteiger partial charge in [-0.1, -0.05) is 24.3 Å². The van der Waals surface area contributed by atoms with Crippen LogP contribution < -0.4 is 10.6 Å². The van der Waals surface area contributed by atoms with E-state index in [1.807, 2.05) is 30.4 Å². The van der Waals surface area contributed by atoms with Crippen molar-refractivity contribution in [2.45, 2.75) is 45.1 Å². The molecule has 0 aliphatic carbocycles. The largest absolute Gasteiger partial charge is 0.444 e. The maximum absolute atomic E-state index is 12.3. The van der Waals surface area contributed by atoms with E-state index in [1.54, 1.807) is 52.1 Å². The standard InChI is InChI=1S/C21H27N3O4S/c1-15(22-20(26)28-21(2,3)4)19(25)23-17-11-9-16(10-12-17)14-29-18-8-6-5-7-13-24(18)27/h5-13,15,27H,14H2,1-4H3,(H,22,26)(H,23,25)/t15-/m0/s1. The summed E-state index contributed by atoms with van der Waals surface area (Å²) in [7, 11) is 0. The number of carbonyl (C=O) groups is 2. The van der Waals surface area contributed by atoms with E-state index >= 15 is 0 Å². The van der Waals surface area contributed by atoms with Crippen LogP contribution in [0.4, 0.5) is 10.5 Å². The van der Waals surface area contributed by atoms with E-state index in [9.17, 15) is 14.8 Å². The molecule has 3 N–H and O–H groups in total. The van der Waals surface area contributed by atoms with Gasteiger partial charge >= 0.3 is 6.09 Å². The molecule has 1 aromatic carbocycles. The molecule has 0 aromatic heterocycles. The number of nitrogens with one attached hydrogen (secondary N) is 2. The van der Waals surface area contributed by atoms with Gasteiger partial charge in [-0.2, -0.15) is 0 Å². The molecule has 156 valence electrons. The molecule has 8 heteroatoms. The summed E-state index contributed by atoms with van der Waals surface area (Å²) in [6.07, 6.45) is 8.22. The number of thioether (sulfide) groups is 1. The normalized spacial score (nSPS) is 14.7. The topological polar surface area (TPSA) is 90.9 Å². The van der Waals surface area contributed by atoms with Crippen LogP contribution in [0.3, 0.4) is 0 Å². The quantitative estimate of drug-likeness (QED) is 0.636. The minimum absolute atomic E-state index is 0.337. The van der Waals surface area contributed by atoms with E-state index in [2.05, 4.69) is 10.6 Å². The Morgan fingerprint density at radius 3 is 2.52 bits per heavy atom. The molecule has 0 unspecified atom stereocenters. The zero-order chi connectivity index (χ0) is 21.4. The van der Waals surface area contributed by atoms with Gasteiger partial charge in [-0.15, -0.1) is 11.8 Å². The van der Waals surface area contributed by atoms with E-state index in [0.29, 0.717) is 11.4 Å². The van der Waals surface area contributed by atoms with Gasteiger partial charge in [0.2, 0.25) is 5.91 Å². The van der Waals surface area contributed by atoms with Crippen LogP contribution in [0.25, 0.3) is 0 Å². The van der Waals surface area contributed by atoms with E-state index in [0.717, 1.165) is 15.7 Å². The molecule has 0 bridgehead atoms. The smallest absolute Gasteiger partial charge is 0.408 e. The molecule has 0 saturated carbocycles. The predicted molar refractivity (Wildman–Crippen MR) is 115 cm³/mol. The monoisotopic (exact) mass is 417 g/mol. The Bertz CT molecular complexity index is 810. The Morgan fingerprint density at radius 1 is 1.17 bits per heavy atom. The molecule has 1 atom stereocenters. The van der Waals surface area contributed by atoms with Crippen molar-refractivity contribution in [2.75, 3.05) is 5.32 Å². The van der Waals surface area contributed by atoms with Gasteiger partial charge in [0.25, 0.3) is 0 Å². The van der Waals surface area contributed by atoms with Crippen molar-refractivity contribution in [2.24, 2.45) is 0 Å². The second-order valence-electron chi connectivity index (χ2n) is 7.42. The Morgan fingerprint density at radius 2 is 1.86 bits per heavy atom. The summed E-state index contributed by atoms with van der Waals surface area (Å²) in [6.45, 7) is 6.87. The summed E-state index contributed by atoms with van der Waals surface area (Å²) < 4.78 is 5.15. The third-order valence-corrected chi connectivity index (χ3v) is 4.75. The molecule has 2 rings (SSSR count). The Balaban J connectivity index is 1.84. The van der Waals surface area contributed by atoms with Crippen LogP contribution >= 0.6 is 11.8 Å². The summed E-state index contributed by atoms with van der Waals surface area (Å²) >= 11 is 1.49. The van der Waals surface area contributed by atoms with Crippen molar-refractivity contribution in [1.82, 2.24) is 10.4 Å². The lowest BCUT2D eigenvalue weighted by atomic mass is 10.2. The van der Waals surface area contributed by atoms with Gasteiger partial charge in [0.1, 0.15) is 16.7 Å². The van der Waals surface area contributed by atoms with Crippen molar-refractivity contribution >= 4 is 29.4 Å². The number of anilines is 1. The maximum Gasteiger partial charge on any atom is 0.408 e. The first-order chi connectivity index (χ1) is 13.6. The molecule has 0 fully saturated rings. The molecule has 0 saturated heterocycles. The minimum atomic E-state index is -0.737.